The molecule has 0 unspecified atom stereocenters. The summed E-state index contributed by atoms with van der Waals surface area (Å²) < 4.78 is 7.03. The molecule has 1 aromatic carbocycles. The summed E-state index contributed by atoms with van der Waals surface area (Å²) in [7, 11) is 1.64. The van der Waals surface area contributed by atoms with Gasteiger partial charge in [0.25, 0.3) is 0 Å². The minimum absolute atomic E-state index is 0.0819. The minimum Gasteiger partial charge on any atom is -0.497 e. The fraction of sp³-hybridized carbons (Fsp3) is 0.412. The summed E-state index contributed by atoms with van der Waals surface area (Å²) in [5.41, 5.74) is 8.20. The van der Waals surface area contributed by atoms with Gasteiger partial charge in [0.1, 0.15) is 5.75 Å². The highest BCUT2D eigenvalue weighted by Gasteiger charge is 2.46. The Balaban J connectivity index is 1.79. The molecule has 1 heterocycles. The van der Waals surface area contributed by atoms with Gasteiger partial charge < -0.3 is 15.8 Å². The van der Waals surface area contributed by atoms with Crippen molar-refractivity contribution in [3.05, 3.63) is 41.7 Å². The van der Waals surface area contributed by atoms with E-state index in [0.29, 0.717) is 0 Å². The maximum atomic E-state index is 12.1. The molecule has 0 aliphatic heterocycles. The van der Waals surface area contributed by atoms with E-state index >= 15 is 0 Å². The Kier molecular flexibility index (Phi) is 3.85. The van der Waals surface area contributed by atoms with Gasteiger partial charge in [-0.3, -0.25) is 4.79 Å². The van der Waals surface area contributed by atoms with E-state index in [9.17, 15) is 4.79 Å². The van der Waals surface area contributed by atoms with E-state index in [1.54, 1.807) is 13.3 Å². The summed E-state index contributed by atoms with van der Waals surface area (Å²) in [6, 6.07) is 7.56. The van der Waals surface area contributed by atoms with Crippen molar-refractivity contribution in [1.82, 2.24) is 15.1 Å². The maximum absolute atomic E-state index is 12.1. The standard InChI is InChI=1S/C17H22N4O2/c1-11(20-16(22)17(18)8-9-17)15-10-19-21(12(15)2)13-4-6-14(23-3)7-5-13/h4-7,10-11H,8-9,18H2,1-3H3,(H,20,22)/t11-/m0/s1. The molecule has 0 bridgehead atoms. The second-order valence-electron chi connectivity index (χ2n) is 6.15. The SMILES string of the molecule is COc1ccc(-n2ncc([C@H](C)NC(=O)C3(N)CC3)c2C)cc1. The monoisotopic (exact) mass is 314 g/mol. The van der Waals surface area contributed by atoms with E-state index in [1.807, 2.05) is 42.8 Å². The summed E-state index contributed by atoms with van der Waals surface area (Å²) >= 11 is 0. The zero-order valence-corrected chi connectivity index (χ0v) is 13.7. The lowest BCUT2D eigenvalue weighted by molar-refractivity contribution is -0.123. The fourth-order valence-corrected chi connectivity index (χ4v) is 2.61. The molecular formula is C17H22N4O2. The molecule has 1 aliphatic rings. The largest absolute Gasteiger partial charge is 0.497 e. The van der Waals surface area contributed by atoms with Crippen molar-refractivity contribution in [2.75, 3.05) is 7.11 Å². The van der Waals surface area contributed by atoms with Gasteiger partial charge in [-0.1, -0.05) is 0 Å². The zero-order chi connectivity index (χ0) is 16.6. The molecule has 122 valence electrons. The highest BCUT2D eigenvalue weighted by molar-refractivity contribution is 5.89. The van der Waals surface area contributed by atoms with Crippen molar-refractivity contribution in [2.45, 2.75) is 38.3 Å². The predicted octanol–water partition coefficient (Wildman–Crippen LogP) is 1.86. The van der Waals surface area contributed by atoms with E-state index in [-0.39, 0.29) is 11.9 Å². The number of carbonyl (C=O) groups is 1. The van der Waals surface area contributed by atoms with Crippen molar-refractivity contribution in [3.8, 4) is 11.4 Å². The molecule has 0 saturated heterocycles. The lowest BCUT2D eigenvalue weighted by Crippen LogP contribution is -2.43. The van der Waals surface area contributed by atoms with E-state index in [2.05, 4.69) is 10.4 Å². The Labute approximate surface area is 135 Å². The van der Waals surface area contributed by atoms with Crippen LogP contribution in [0.3, 0.4) is 0 Å². The topological polar surface area (TPSA) is 82.2 Å². The van der Waals surface area contributed by atoms with Crippen molar-refractivity contribution < 1.29 is 9.53 Å². The van der Waals surface area contributed by atoms with Crippen molar-refractivity contribution in [3.63, 3.8) is 0 Å². The van der Waals surface area contributed by atoms with E-state index in [0.717, 1.165) is 35.5 Å². The van der Waals surface area contributed by atoms with Crippen molar-refractivity contribution >= 4 is 5.91 Å². The van der Waals surface area contributed by atoms with Crippen LogP contribution in [0.15, 0.2) is 30.5 Å². The van der Waals surface area contributed by atoms with Crippen LogP contribution in [-0.4, -0.2) is 28.3 Å². The van der Waals surface area contributed by atoms with E-state index < -0.39 is 5.54 Å². The van der Waals surface area contributed by atoms with Crippen LogP contribution >= 0.6 is 0 Å². The first kappa shape index (κ1) is 15.6. The second kappa shape index (κ2) is 5.70. The van der Waals surface area contributed by atoms with Gasteiger partial charge in [0.2, 0.25) is 5.91 Å². The Hall–Kier alpha value is -2.34. The van der Waals surface area contributed by atoms with Gasteiger partial charge in [0.05, 0.1) is 30.6 Å². The van der Waals surface area contributed by atoms with Gasteiger partial charge in [-0.05, 0) is 51.0 Å². The molecule has 1 aromatic heterocycles. The fourth-order valence-electron chi connectivity index (χ4n) is 2.61. The number of hydrogen-bond acceptors (Lipinski definition) is 4. The van der Waals surface area contributed by atoms with Crippen molar-refractivity contribution in [2.24, 2.45) is 5.73 Å². The van der Waals surface area contributed by atoms with Gasteiger partial charge in [-0.15, -0.1) is 0 Å². The molecule has 3 rings (SSSR count). The number of carbonyl (C=O) groups excluding carboxylic acids is 1. The number of rotatable bonds is 5. The van der Waals surface area contributed by atoms with Gasteiger partial charge >= 0.3 is 0 Å². The van der Waals surface area contributed by atoms with Crippen LogP contribution in [0.25, 0.3) is 5.69 Å². The molecule has 3 N–H and O–H groups in total. The first-order valence-corrected chi connectivity index (χ1v) is 7.73. The van der Waals surface area contributed by atoms with Gasteiger partial charge in [-0.2, -0.15) is 5.10 Å². The first-order valence-electron chi connectivity index (χ1n) is 7.73. The Bertz CT molecular complexity index is 717. The summed E-state index contributed by atoms with van der Waals surface area (Å²) in [6.45, 7) is 3.94. The van der Waals surface area contributed by atoms with Gasteiger partial charge in [-0.25, -0.2) is 4.68 Å². The molecule has 1 atom stereocenters. The van der Waals surface area contributed by atoms with Crippen molar-refractivity contribution in [1.29, 1.82) is 0 Å². The second-order valence-corrected chi connectivity index (χ2v) is 6.15. The maximum Gasteiger partial charge on any atom is 0.240 e. The number of benzene rings is 1. The first-order chi connectivity index (χ1) is 10.9. The molecular weight excluding hydrogens is 292 g/mol. The summed E-state index contributed by atoms with van der Waals surface area (Å²) in [4.78, 5) is 12.1. The summed E-state index contributed by atoms with van der Waals surface area (Å²) in [5.74, 6) is 0.721. The van der Waals surface area contributed by atoms with Gasteiger partial charge in [0.15, 0.2) is 0 Å². The number of methoxy groups -OCH3 is 1. The number of nitrogens with two attached hydrogens (primary N) is 1. The van der Waals surface area contributed by atoms with E-state index in [4.69, 9.17) is 10.5 Å². The normalized spacial score (nSPS) is 16.7. The average Bonchev–Trinajstić information content (AvgIpc) is 3.19. The zero-order valence-electron chi connectivity index (χ0n) is 13.7. The Morgan fingerprint density at radius 1 is 1.39 bits per heavy atom. The smallest absolute Gasteiger partial charge is 0.240 e. The number of ether oxygens (including phenoxy) is 1. The van der Waals surface area contributed by atoms with Gasteiger partial charge in [0, 0.05) is 11.3 Å². The number of amides is 1. The van der Waals surface area contributed by atoms with Crippen LogP contribution in [0, 0.1) is 6.92 Å². The molecule has 1 saturated carbocycles. The summed E-state index contributed by atoms with van der Waals surface area (Å²) in [6.07, 6.45) is 3.31. The van der Waals surface area contributed by atoms with E-state index in [1.165, 1.54) is 0 Å². The van der Waals surface area contributed by atoms with Crippen LogP contribution in [0.4, 0.5) is 0 Å². The molecule has 2 aromatic rings. The number of nitrogens with one attached hydrogen (secondary N) is 1. The van der Waals surface area contributed by atoms with Crippen LogP contribution in [0.2, 0.25) is 0 Å². The lowest BCUT2D eigenvalue weighted by Gasteiger charge is -2.17. The summed E-state index contributed by atoms with van der Waals surface area (Å²) in [5, 5.41) is 7.43. The molecule has 6 nitrogen and oxygen atoms in total. The number of aromatic nitrogens is 2. The molecule has 1 amide bonds. The third-order valence-corrected chi connectivity index (χ3v) is 4.42. The quantitative estimate of drug-likeness (QED) is 0.882. The lowest BCUT2D eigenvalue weighted by atomic mass is 10.1. The molecule has 0 spiro atoms. The van der Waals surface area contributed by atoms with Crippen LogP contribution in [-0.2, 0) is 4.79 Å². The third kappa shape index (κ3) is 2.94. The predicted molar refractivity (Wildman–Crippen MR) is 87.6 cm³/mol. The molecule has 0 radical (unpaired) electrons. The highest BCUT2D eigenvalue weighted by Crippen LogP contribution is 2.33. The molecule has 6 heteroatoms. The highest BCUT2D eigenvalue weighted by atomic mass is 16.5. The van der Waals surface area contributed by atoms with Crippen LogP contribution in [0.1, 0.15) is 37.1 Å². The molecule has 1 fully saturated rings. The van der Waals surface area contributed by atoms with Crippen LogP contribution in [0.5, 0.6) is 5.75 Å². The number of hydrogen-bond donors (Lipinski definition) is 2. The minimum atomic E-state index is -0.659. The third-order valence-electron chi connectivity index (χ3n) is 4.42. The molecule has 1 aliphatic carbocycles. The Morgan fingerprint density at radius 2 is 2.04 bits per heavy atom. The Morgan fingerprint density at radius 3 is 2.61 bits per heavy atom. The average molecular weight is 314 g/mol. The molecule has 23 heavy (non-hydrogen) atoms. The number of nitrogens with zero attached hydrogens (tertiary/aromatic N) is 2. The van der Waals surface area contributed by atoms with Crippen LogP contribution < -0.4 is 15.8 Å².